The third-order valence-corrected chi connectivity index (χ3v) is 6.59. The van der Waals surface area contributed by atoms with Gasteiger partial charge in [0.15, 0.2) is 5.13 Å². The Hall–Kier alpha value is -3.02. The summed E-state index contributed by atoms with van der Waals surface area (Å²) in [5, 5.41) is 4.06. The molecule has 1 N–H and O–H groups in total. The largest absolute Gasteiger partial charge is 0.301 e. The molecule has 5 rings (SSSR count). The number of rotatable bonds is 3. The Labute approximate surface area is 183 Å². The van der Waals surface area contributed by atoms with E-state index in [2.05, 4.69) is 39.6 Å². The molecule has 0 atom stereocenters. The van der Waals surface area contributed by atoms with Crippen LogP contribution < -0.4 is 5.32 Å². The number of hydrogen-bond acceptors (Lipinski definition) is 4. The van der Waals surface area contributed by atoms with Crippen molar-refractivity contribution >= 4 is 34.0 Å². The maximum absolute atomic E-state index is 13.5. The molecule has 30 heavy (non-hydrogen) atoms. The van der Waals surface area contributed by atoms with E-state index in [9.17, 15) is 4.79 Å². The molecule has 4 aromatic rings. The van der Waals surface area contributed by atoms with Crippen LogP contribution in [-0.4, -0.2) is 15.9 Å². The Morgan fingerprint density at radius 1 is 0.900 bits per heavy atom. The quantitative estimate of drug-likeness (QED) is 0.421. The Kier molecular flexibility index (Phi) is 5.07. The number of hydrogen-bond donors (Lipinski definition) is 1. The molecule has 148 valence electrons. The predicted octanol–water partition coefficient (Wildman–Crippen LogP) is 5.73. The van der Waals surface area contributed by atoms with Crippen LogP contribution in [0.25, 0.3) is 10.4 Å². The highest BCUT2D eigenvalue weighted by molar-refractivity contribution is 7.19. The number of halogens is 1. The summed E-state index contributed by atoms with van der Waals surface area (Å²) in [6.07, 6.45) is 5.32. The topological polar surface area (TPSA) is 54.9 Å². The minimum absolute atomic E-state index is 0.0630. The minimum atomic E-state index is -0.357. The predicted molar refractivity (Wildman–Crippen MR) is 121 cm³/mol. The van der Waals surface area contributed by atoms with Gasteiger partial charge in [-0.15, -0.1) is 0 Å². The fourth-order valence-corrected chi connectivity index (χ4v) is 4.89. The molecule has 0 radical (unpaired) electrons. The second-order valence-electron chi connectivity index (χ2n) is 7.22. The highest BCUT2D eigenvalue weighted by Gasteiger charge is 2.29. The summed E-state index contributed by atoms with van der Waals surface area (Å²) in [5.74, 6) is -0.420. The third kappa shape index (κ3) is 3.62. The van der Waals surface area contributed by atoms with Crippen LogP contribution in [0.5, 0.6) is 0 Å². The van der Waals surface area contributed by atoms with Crippen LogP contribution >= 0.6 is 22.9 Å². The molecule has 0 unspecified atom stereocenters. The number of carbonyl (C=O) groups is 1. The molecule has 1 amide bonds. The molecule has 2 aromatic carbocycles. The molecule has 0 saturated carbocycles. The summed E-state index contributed by atoms with van der Waals surface area (Å²) in [6.45, 7) is 0. The Bertz CT molecular complexity index is 1170. The maximum Gasteiger partial charge on any atom is 0.238 e. The first kappa shape index (κ1) is 19.0. The van der Waals surface area contributed by atoms with E-state index in [0.717, 1.165) is 34.4 Å². The zero-order valence-electron chi connectivity index (χ0n) is 16.0. The van der Waals surface area contributed by atoms with Crippen LogP contribution in [0.4, 0.5) is 5.13 Å². The van der Waals surface area contributed by atoms with Gasteiger partial charge in [-0.2, -0.15) is 0 Å². The first-order chi connectivity index (χ1) is 14.7. The lowest BCUT2D eigenvalue weighted by molar-refractivity contribution is -0.116. The average Bonchev–Trinajstić information content (AvgIpc) is 3.15. The summed E-state index contributed by atoms with van der Waals surface area (Å²) in [6, 6.07) is 20.1. The van der Waals surface area contributed by atoms with Crippen LogP contribution in [-0.2, 0) is 17.6 Å². The SMILES string of the molecule is O=C(Nc1ncc(-c2ccc(Cl)nc2)s1)C1c2ccccc2CCc2ccccc21. The van der Waals surface area contributed by atoms with Gasteiger partial charge in [0.1, 0.15) is 5.15 Å². The standard InChI is InChI=1S/C24H18ClN3OS/c25-21-12-11-17(13-26-21)20-14-27-24(30-20)28-23(29)22-18-7-3-1-5-15(18)9-10-16-6-2-4-8-19(16)22/h1-8,11-14,22H,9-10H2,(H,27,28,29). The number of pyridine rings is 1. The fourth-order valence-electron chi connectivity index (χ4n) is 3.97. The number of thiazole rings is 1. The normalized spacial score (nSPS) is 13.2. The lowest BCUT2D eigenvalue weighted by atomic mass is 9.87. The van der Waals surface area contributed by atoms with Gasteiger partial charge in [-0.3, -0.25) is 4.79 Å². The van der Waals surface area contributed by atoms with Crippen LogP contribution in [0, 0.1) is 0 Å². The number of anilines is 1. The third-order valence-electron chi connectivity index (χ3n) is 5.41. The van der Waals surface area contributed by atoms with E-state index < -0.39 is 0 Å². The van der Waals surface area contributed by atoms with Gasteiger partial charge in [0.05, 0.1) is 10.8 Å². The van der Waals surface area contributed by atoms with Crippen molar-refractivity contribution in [3.63, 3.8) is 0 Å². The molecule has 2 heterocycles. The summed E-state index contributed by atoms with van der Waals surface area (Å²) in [4.78, 5) is 22.9. The van der Waals surface area contributed by atoms with Gasteiger partial charge >= 0.3 is 0 Å². The first-order valence-corrected chi connectivity index (χ1v) is 10.9. The average molecular weight is 432 g/mol. The van der Waals surface area contributed by atoms with Gasteiger partial charge in [-0.1, -0.05) is 71.5 Å². The molecule has 0 spiro atoms. The molecule has 1 aliphatic rings. The van der Waals surface area contributed by atoms with Crippen molar-refractivity contribution in [1.82, 2.24) is 9.97 Å². The number of aromatic nitrogens is 2. The summed E-state index contributed by atoms with van der Waals surface area (Å²) >= 11 is 7.30. The Morgan fingerprint density at radius 2 is 1.57 bits per heavy atom. The summed E-state index contributed by atoms with van der Waals surface area (Å²) < 4.78 is 0. The minimum Gasteiger partial charge on any atom is -0.301 e. The van der Waals surface area contributed by atoms with Crippen molar-refractivity contribution in [3.8, 4) is 10.4 Å². The number of benzene rings is 2. The zero-order valence-corrected chi connectivity index (χ0v) is 17.6. The molecule has 2 aromatic heterocycles. The molecule has 1 aliphatic carbocycles. The molecule has 0 saturated heterocycles. The second-order valence-corrected chi connectivity index (χ2v) is 8.64. The van der Waals surface area contributed by atoms with E-state index in [1.165, 1.54) is 22.5 Å². The van der Waals surface area contributed by atoms with Crippen LogP contribution in [0.1, 0.15) is 28.2 Å². The molecule has 6 heteroatoms. The van der Waals surface area contributed by atoms with E-state index in [4.69, 9.17) is 11.6 Å². The number of fused-ring (bicyclic) bond motifs is 2. The molecule has 0 aliphatic heterocycles. The van der Waals surface area contributed by atoms with Crippen molar-refractivity contribution in [2.75, 3.05) is 5.32 Å². The van der Waals surface area contributed by atoms with Gasteiger partial charge in [0.2, 0.25) is 5.91 Å². The maximum atomic E-state index is 13.5. The van der Waals surface area contributed by atoms with Crippen molar-refractivity contribution in [3.05, 3.63) is 100 Å². The number of amides is 1. The highest BCUT2D eigenvalue weighted by atomic mass is 35.5. The van der Waals surface area contributed by atoms with Crippen molar-refractivity contribution in [1.29, 1.82) is 0 Å². The molecule has 0 fully saturated rings. The van der Waals surface area contributed by atoms with Gasteiger partial charge in [-0.05, 0) is 47.2 Å². The van der Waals surface area contributed by atoms with Crippen molar-refractivity contribution < 1.29 is 4.79 Å². The van der Waals surface area contributed by atoms with Gasteiger partial charge in [0, 0.05) is 18.0 Å². The number of carbonyl (C=O) groups excluding carboxylic acids is 1. The van der Waals surface area contributed by atoms with Gasteiger partial charge in [0.25, 0.3) is 0 Å². The lowest BCUT2D eigenvalue weighted by Gasteiger charge is -2.19. The zero-order chi connectivity index (χ0) is 20.5. The number of nitrogens with one attached hydrogen (secondary N) is 1. The van der Waals surface area contributed by atoms with E-state index in [0.29, 0.717) is 10.3 Å². The smallest absolute Gasteiger partial charge is 0.238 e. The Morgan fingerprint density at radius 3 is 2.20 bits per heavy atom. The van der Waals surface area contributed by atoms with E-state index in [1.807, 2.05) is 30.3 Å². The summed E-state index contributed by atoms with van der Waals surface area (Å²) in [5.41, 5.74) is 5.50. The van der Waals surface area contributed by atoms with Crippen LogP contribution in [0.3, 0.4) is 0 Å². The van der Waals surface area contributed by atoms with E-state index in [1.54, 1.807) is 18.5 Å². The molecular formula is C24H18ClN3OS. The fraction of sp³-hybridized carbons (Fsp3) is 0.125. The van der Waals surface area contributed by atoms with E-state index >= 15 is 0 Å². The number of nitrogens with zero attached hydrogens (tertiary/aromatic N) is 2. The Balaban J connectivity index is 1.47. The highest BCUT2D eigenvalue weighted by Crippen LogP contribution is 2.36. The van der Waals surface area contributed by atoms with Crippen LogP contribution in [0.15, 0.2) is 73.1 Å². The first-order valence-electron chi connectivity index (χ1n) is 9.73. The summed E-state index contributed by atoms with van der Waals surface area (Å²) in [7, 11) is 0. The van der Waals surface area contributed by atoms with Gasteiger partial charge < -0.3 is 5.32 Å². The van der Waals surface area contributed by atoms with E-state index in [-0.39, 0.29) is 11.8 Å². The molecule has 4 nitrogen and oxygen atoms in total. The molecular weight excluding hydrogens is 414 g/mol. The van der Waals surface area contributed by atoms with Crippen molar-refractivity contribution in [2.24, 2.45) is 0 Å². The monoisotopic (exact) mass is 431 g/mol. The lowest BCUT2D eigenvalue weighted by Crippen LogP contribution is -2.23. The second kappa shape index (κ2) is 8.01. The van der Waals surface area contributed by atoms with Gasteiger partial charge in [-0.25, -0.2) is 9.97 Å². The van der Waals surface area contributed by atoms with Crippen LogP contribution in [0.2, 0.25) is 5.15 Å². The number of aryl methyl sites for hydroxylation is 2. The van der Waals surface area contributed by atoms with Crippen molar-refractivity contribution in [2.45, 2.75) is 18.8 Å². The molecule has 0 bridgehead atoms.